The first kappa shape index (κ1) is 11.5. The van der Waals surface area contributed by atoms with E-state index in [2.05, 4.69) is 30.1 Å². The summed E-state index contributed by atoms with van der Waals surface area (Å²) in [7, 11) is 2.37. The van der Waals surface area contributed by atoms with Crippen molar-refractivity contribution in [3.63, 3.8) is 0 Å². The van der Waals surface area contributed by atoms with Gasteiger partial charge >= 0.3 is 0 Å². The van der Waals surface area contributed by atoms with E-state index in [1.54, 1.807) is 11.1 Å². The number of piperidine rings is 1. The van der Waals surface area contributed by atoms with Gasteiger partial charge in [0.05, 0.1) is 0 Å². The molecule has 3 saturated carbocycles. The van der Waals surface area contributed by atoms with Crippen LogP contribution in [0.1, 0.15) is 43.2 Å². The number of likely N-dealkylation sites (tertiary alicyclic amines) is 1. The van der Waals surface area contributed by atoms with Crippen LogP contribution in [-0.4, -0.2) is 30.6 Å². The fourth-order valence-corrected chi connectivity index (χ4v) is 7.30. The van der Waals surface area contributed by atoms with Gasteiger partial charge in [0, 0.05) is 17.0 Å². The van der Waals surface area contributed by atoms with Gasteiger partial charge in [0.25, 0.3) is 0 Å². The molecule has 0 N–H and O–H groups in total. The second-order valence-electron chi connectivity index (χ2n) is 8.24. The number of hydrogen-bond acceptors (Lipinski definition) is 2. The zero-order chi connectivity index (χ0) is 13.8. The minimum Gasteiger partial charge on any atom is -0.489 e. The molecular weight excluding hydrogens is 258 g/mol. The number of rotatable bonds is 0. The number of hydrogen-bond donors (Lipinski definition) is 0. The fraction of sp³-hybridized carbons (Fsp3) is 0.684. The van der Waals surface area contributed by atoms with E-state index in [0.717, 1.165) is 12.0 Å². The van der Waals surface area contributed by atoms with Crippen molar-refractivity contribution in [3.05, 3.63) is 29.3 Å². The van der Waals surface area contributed by atoms with E-state index in [1.165, 1.54) is 50.8 Å². The van der Waals surface area contributed by atoms with Gasteiger partial charge in [-0.15, -0.1) is 0 Å². The fourth-order valence-electron chi connectivity index (χ4n) is 7.30. The summed E-state index contributed by atoms with van der Waals surface area (Å²) in [6, 6.07) is 7.60. The van der Waals surface area contributed by atoms with Crippen LogP contribution in [-0.2, 0) is 11.8 Å². The molecule has 1 unspecified atom stereocenters. The highest BCUT2D eigenvalue weighted by Crippen LogP contribution is 2.73. The third-order valence-corrected chi connectivity index (χ3v) is 7.98. The lowest BCUT2D eigenvalue weighted by Crippen LogP contribution is -2.73. The van der Waals surface area contributed by atoms with Crippen molar-refractivity contribution < 1.29 is 4.74 Å². The van der Waals surface area contributed by atoms with E-state index < -0.39 is 0 Å². The second kappa shape index (κ2) is 3.32. The largest absolute Gasteiger partial charge is 0.489 e. The summed E-state index contributed by atoms with van der Waals surface area (Å²) in [6.45, 7) is 1.26. The Morgan fingerprint density at radius 1 is 1.19 bits per heavy atom. The van der Waals surface area contributed by atoms with Crippen molar-refractivity contribution >= 4 is 0 Å². The summed E-state index contributed by atoms with van der Waals surface area (Å²) >= 11 is 0. The van der Waals surface area contributed by atoms with Gasteiger partial charge < -0.3 is 9.64 Å². The van der Waals surface area contributed by atoms with E-state index in [0.29, 0.717) is 16.9 Å². The Hall–Kier alpha value is -1.02. The molecule has 2 aliphatic heterocycles. The number of likely N-dealkylation sites (N-methyl/N-ethyl adjacent to an activating group) is 1. The molecule has 0 amide bonds. The molecule has 0 radical (unpaired) electrons. The van der Waals surface area contributed by atoms with Crippen LogP contribution in [0, 0.1) is 11.3 Å². The Morgan fingerprint density at radius 2 is 2.05 bits per heavy atom. The van der Waals surface area contributed by atoms with E-state index in [-0.39, 0.29) is 0 Å². The van der Waals surface area contributed by atoms with Crippen molar-refractivity contribution in [3.8, 4) is 5.75 Å². The minimum absolute atomic E-state index is 0.371. The number of benzene rings is 1. The van der Waals surface area contributed by atoms with Crippen molar-refractivity contribution in [1.29, 1.82) is 0 Å². The Morgan fingerprint density at radius 3 is 2.90 bits per heavy atom. The van der Waals surface area contributed by atoms with Crippen molar-refractivity contribution in [2.75, 3.05) is 13.6 Å². The number of nitrogens with zero attached hydrogens (tertiary/aromatic N) is 1. The third-order valence-electron chi connectivity index (χ3n) is 7.98. The van der Waals surface area contributed by atoms with E-state index in [9.17, 15) is 0 Å². The topological polar surface area (TPSA) is 12.5 Å². The molecule has 7 rings (SSSR count). The maximum Gasteiger partial charge on any atom is 0.123 e. The molecule has 1 saturated heterocycles. The summed E-state index contributed by atoms with van der Waals surface area (Å²) < 4.78 is 6.62. The Balaban J connectivity index is 1.73. The molecular formula is C19H23NO. The van der Waals surface area contributed by atoms with Gasteiger partial charge in [-0.05, 0) is 75.1 Å². The van der Waals surface area contributed by atoms with Crippen LogP contribution in [0.4, 0.5) is 0 Å². The first-order valence-electron chi connectivity index (χ1n) is 8.76. The van der Waals surface area contributed by atoms with Crippen LogP contribution in [0.15, 0.2) is 18.2 Å². The summed E-state index contributed by atoms with van der Waals surface area (Å²) in [4.78, 5) is 2.68. The van der Waals surface area contributed by atoms with Crippen LogP contribution >= 0.6 is 0 Å². The molecule has 2 heterocycles. The lowest BCUT2D eigenvalue weighted by molar-refractivity contribution is -0.174. The van der Waals surface area contributed by atoms with Crippen molar-refractivity contribution in [1.82, 2.24) is 4.90 Å². The van der Waals surface area contributed by atoms with E-state index in [1.807, 2.05) is 0 Å². The highest BCUT2D eigenvalue weighted by molar-refractivity contribution is 5.57. The van der Waals surface area contributed by atoms with E-state index in [4.69, 9.17) is 4.74 Å². The van der Waals surface area contributed by atoms with Gasteiger partial charge in [-0.2, -0.15) is 0 Å². The van der Waals surface area contributed by atoms with Crippen LogP contribution in [0.2, 0.25) is 0 Å². The van der Waals surface area contributed by atoms with Crippen LogP contribution in [0.3, 0.4) is 0 Å². The zero-order valence-corrected chi connectivity index (χ0v) is 12.8. The molecule has 4 fully saturated rings. The SMILES string of the molecule is CN1CC[C@]23c4c5cccc4OC2C2CCC3(CC2)[C@H]1C5. The van der Waals surface area contributed by atoms with Crippen LogP contribution < -0.4 is 4.74 Å². The van der Waals surface area contributed by atoms with Gasteiger partial charge in [0.2, 0.25) is 0 Å². The minimum atomic E-state index is 0.371. The lowest BCUT2D eigenvalue weighted by Gasteiger charge is -2.69. The predicted octanol–water partition coefficient (Wildman–Crippen LogP) is 3.14. The summed E-state index contributed by atoms with van der Waals surface area (Å²) in [6.07, 6.45) is 8.77. The smallest absolute Gasteiger partial charge is 0.123 e. The molecule has 3 atom stereocenters. The second-order valence-corrected chi connectivity index (χ2v) is 8.24. The van der Waals surface area contributed by atoms with Crippen molar-refractivity contribution in [2.24, 2.45) is 11.3 Å². The molecule has 1 aromatic carbocycles. The number of ether oxygens (including phenoxy) is 1. The zero-order valence-electron chi connectivity index (χ0n) is 12.8. The summed E-state index contributed by atoms with van der Waals surface area (Å²) in [5, 5.41) is 0. The Kier molecular flexibility index (Phi) is 1.82. The summed E-state index contributed by atoms with van der Waals surface area (Å²) in [5.74, 6) is 2.06. The average Bonchev–Trinajstić information content (AvgIpc) is 2.87. The monoisotopic (exact) mass is 281 g/mol. The highest BCUT2D eigenvalue weighted by atomic mass is 16.5. The van der Waals surface area contributed by atoms with Gasteiger partial charge in [-0.25, -0.2) is 0 Å². The molecule has 4 bridgehead atoms. The normalized spacial score (nSPS) is 48.9. The molecule has 2 spiro atoms. The summed E-state index contributed by atoms with van der Waals surface area (Å²) in [5.41, 5.74) is 4.14. The molecule has 4 aliphatic carbocycles. The Labute approximate surface area is 126 Å². The lowest BCUT2D eigenvalue weighted by atomic mass is 9.38. The first-order valence-corrected chi connectivity index (χ1v) is 8.76. The third kappa shape index (κ3) is 1.000. The quantitative estimate of drug-likeness (QED) is 0.724. The maximum absolute atomic E-state index is 6.62. The number of fused-ring (bicyclic) bond motifs is 2. The average molecular weight is 281 g/mol. The van der Waals surface area contributed by atoms with Crippen LogP contribution in [0.25, 0.3) is 0 Å². The van der Waals surface area contributed by atoms with Gasteiger partial charge in [-0.3, -0.25) is 0 Å². The van der Waals surface area contributed by atoms with E-state index >= 15 is 0 Å². The van der Waals surface area contributed by atoms with Gasteiger partial charge in [0.1, 0.15) is 11.9 Å². The Bertz CT molecular complexity index is 645. The molecule has 1 aromatic rings. The van der Waals surface area contributed by atoms with Crippen LogP contribution in [0.5, 0.6) is 5.75 Å². The van der Waals surface area contributed by atoms with Gasteiger partial charge in [-0.1, -0.05) is 12.1 Å². The predicted molar refractivity (Wildman–Crippen MR) is 81.7 cm³/mol. The molecule has 2 nitrogen and oxygen atoms in total. The molecule has 0 aromatic heterocycles. The molecule has 6 aliphatic rings. The standard InChI is InChI=1S/C19H23NO/c1-20-10-9-19-16-13-3-2-4-14(16)21-17(19)12-5-7-18(19,8-6-12)15(20)11-13/h2-4,12,15,17H,5-11H2,1H3/t12?,15-,17?,18?,19+/m1/s1. The van der Waals surface area contributed by atoms with Gasteiger partial charge in [0.15, 0.2) is 0 Å². The highest BCUT2D eigenvalue weighted by Gasteiger charge is 2.73. The van der Waals surface area contributed by atoms with Crippen molar-refractivity contribution in [2.45, 2.75) is 56.1 Å². The molecule has 21 heavy (non-hydrogen) atoms. The maximum atomic E-state index is 6.62. The molecule has 110 valence electrons. The molecule has 2 heteroatoms. The first-order chi connectivity index (χ1) is 10.3.